The van der Waals surface area contributed by atoms with Crippen LogP contribution in [0.3, 0.4) is 0 Å². The summed E-state index contributed by atoms with van der Waals surface area (Å²) < 4.78 is 5.55. The molecule has 0 aliphatic heterocycles. The normalized spacial score (nSPS) is 12.4. The van der Waals surface area contributed by atoms with Gasteiger partial charge in [-0.2, -0.15) is 0 Å². The first kappa shape index (κ1) is 15.5. The maximum Gasteiger partial charge on any atom is 0.372 e. The summed E-state index contributed by atoms with van der Waals surface area (Å²) >= 11 is 0. The highest BCUT2D eigenvalue weighted by Gasteiger charge is 2.29. The highest BCUT2D eigenvalue weighted by Crippen LogP contribution is 2.40. The van der Waals surface area contributed by atoms with Crippen molar-refractivity contribution in [1.82, 2.24) is 9.97 Å². The molecular weight excluding hydrogens is 316 g/mol. The van der Waals surface area contributed by atoms with Gasteiger partial charge in [-0.25, -0.2) is 9.78 Å². The van der Waals surface area contributed by atoms with Crippen LogP contribution in [-0.2, 0) is 12.8 Å². The zero-order valence-corrected chi connectivity index (χ0v) is 13.5. The summed E-state index contributed by atoms with van der Waals surface area (Å²) in [5.41, 5.74) is 6.32. The molecule has 0 atom stereocenters. The van der Waals surface area contributed by atoms with Crippen LogP contribution in [0.4, 0.5) is 0 Å². The fourth-order valence-corrected chi connectivity index (χ4v) is 3.30. The molecular formula is C17H15ClN2O3. The van der Waals surface area contributed by atoms with Gasteiger partial charge in [0.25, 0.3) is 0 Å². The Balaban J connectivity index is 0.00000156. The molecule has 3 aromatic rings. The molecule has 23 heavy (non-hydrogen) atoms. The average molecular weight is 331 g/mol. The summed E-state index contributed by atoms with van der Waals surface area (Å²) in [4.78, 5) is 20.5. The van der Waals surface area contributed by atoms with Gasteiger partial charge in [0.05, 0.1) is 16.7 Å². The van der Waals surface area contributed by atoms with Crippen molar-refractivity contribution in [2.24, 2.45) is 0 Å². The topological polar surface area (TPSA) is 76.2 Å². The van der Waals surface area contributed by atoms with Gasteiger partial charge in [-0.3, -0.25) is 4.98 Å². The maximum absolute atomic E-state index is 11.3. The van der Waals surface area contributed by atoms with Gasteiger partial charge < -0.3 is 9.52 Å². The van der Waals surface area contributed by atoms with E-state index in [-0.39, 0.29) is 18.2 Å². The highest BCUT2D eigenvalue weighted by molar-refractivity contribution is 5.92. The first-order chi connectivity index (χ1) is 10.6. The van der Waals surface area contributed by atoms with E-state index >= 15 is 0 Å². The van der Waals surface area contributed by atoms with E-state index in [1.807, 2.05) is 19.1 Å². The molecule has 0 spiro atoms. The molecule has 5 nitrogen and oxygen atoms in total. The van der Waals surface area contributed by atoms with Crippen molar-refractivity contribution in [3.63, 3.8) is 0 Å². The van der Waals surface area contributed by atoms with E-state index in [0.29, 0.717) is 12.0 Å². The molecule has 1 aliphatic carbocycles. The van der Waals surface area contributed by atoms with Gasteiger partial charge in [-0.05, 0) is 43.5 Å². The second-order valence-electron chi connectivity index (χ2n) is 5.59. The van der Waals surface area contributed by atoms with Gasteiger partial charge in [0.15, 0.2) is 0 Å². The van der Waals surface area contributed by atoms with Crippen LogP contribution in [0.25, 0.3) is 22.3 Å². The van der Waals surface area contributed by atoms with E-state index < -0.39 is 5.97 Å². The quantitative estimate of drug-likeness (QED) is 0.735. The number of aryl methyl sites for hydroxylation is 2. The summed E-state index contributed by atoms with van der Waals surface area (Å²) in [6.07, 6.45) is 3.25. The molecule has 0 bridgehead atoms. The van der Waals surface area contributed by atoms with Gasteiger partial charge >= 0.3 is 5.97 Å². The van der Waals surface area contributed by atoms with Crippen molar-refractivity contribution in [2.75, 3.05) is 0 Å². The maximum atomic E-state index is 11.3. The van der Waals surface area contributed by atoms with Crippen LogP contribution < -0.4 is 0 Å². The van der Waals surface area contributed by atoms with E-state index in [4.69, 9.17) is 9.40 Å². The Morgan fingerprint density at radius 3 is 2.78 bits per heavy atom. The molecule has 0 unspecified atom stereocenters. The lowest BCUT2D eigenvalue weighted by Gasteiger charge is -2.18. The number of carboxylic acid groups (broad SMARTS) is 1. The van der Waals surface area contributed by atoms with Gasteiger partial charge in [0.1, 0.15) is 5.76 Å². The lowest BCUT2D eigenvalue weighted by molar-refractivity contribution is 0.0659. The van der Waals surface area contributed by atoms with E-state index in [9.17, 15) is 9.90 Å². The molecule has 0 radical (unpaired) electrons. The minimum Gasteiger partial charge on any atom is -0.475 e. The van der Waals surface area contributed by atoms with Crippen molar-refractivity contribution in [1.29, 1.82) is 0 Å². The zero-order valence-electron chi connectivity index (χ0n) is 12.7. The molecule has 0 amide bonds. The molecule has 3 heterocycles. The molecule has 118 valence electrons. The first-order valence-corrected chi connectivity index (χ1v) is 7.18. The largest absolute Gasteiger partial charge is 0.475 e. The fourth-order valence-electron chi connectivity index (χ4n) is 3.30. The molecule has 4 rings (SSSR count). The van der Waals surface area contributed by atoms with Crippen molar-refractivity contribution >= 4 is 29.4 Å². The van der Waals surface area contributed by atoms with Crippen LogP contribution in [0.1, 0.15) is 33.0 Å². The highest BCUT2D eigenvalue weighted by atomic mass is 35.5. The number of aromatic nitrogens is 2. The van der Waals surface area contributed by atoms with Crippen LogP contribution in [0.2, 0.25) is 0 Å². The number of nitrogens with zero attached hydrogens (tertiary/aromatic N) is 2. The number of rotatable bonds is 1. The van der Waals surface area contributed by atoms with Crippen LogP contribution in [0.15, 0.2) is 22.7 Å². The number of hydrogen-bond donors (Lipinski definition) is 1. The van der Waals surface area contributed by atoms with Gasteiger partial charge in [-0.1, -0.05) is 0 Å². The summed E-state index contributed by atoms with van der Waals surface area (Å²) in [5, 5.41) is 9.27. The average Bonchev–Trinajstić information content (AvgIpc) is 2.85. The number of aromatic carboxylic acids is 1. The molecule has 0 saturated carbocycles. The smallest absolute Gasteiger partial charge is 0.372 e. The number of carboxylic acids is 1. The van der Waals surface area contributed by atoms with Crippen molar-refractivity contribution in [3.8, 4) is 11.3 Å². The second kappa shape index (κ2) is 5.35. The van der Waals surface area contributed by atoms with Gasteiger partial charge in [0, 0.05) is 23.7 Å². The van der Waals surface area contributed by atoms with Crippen LogP contribution >= 0.6 is 12.4 Å². The van der Waals surface area contributed by atoms with Crippen molar-refractivity contribution in [2.45, 2.75) is 26.7 Å². The third kappa shape index (κ3) is 2.11. The Hall–Kier alpha value is -2.40. The third-order valence-electron chi connectivity index (χ3n) is 4.37. The summed E-state index contributed by atoms with van der Waals surface area (Å²) in [6, 6.07) is 3.78. The second-order valence-corrected chi connectivity index (χ2v) is 5.59. The molecule has 1 aliphatic rings. The molecule has 1 N–H and O–H groups in total. The Morgan fingerprint density at radius 1 is 1.26 bits per heavy atom. The minimum atomic E-state index is -1.03. The Labute approximate surface area is 138 Å². The van der Waals surface area contributed by atoms with Crippen molar-refractivity contribution < 1.29 is 14.3 Å². The summed E-state index contributed by atoms with van der Waals surface area (Å²) in [6.45, 7) is 3.83. The summed E-state index contributed by atoms with van der Waals surface area (Å²) in [5.74, 6) is -0.297. The van der Waals surface area contributed by atoms with Gasteiger partial charge in [0.2, 0.25) is 5.76 Å². The lowest BCUT2D eigenvalue weighted by atomic mass is 9.88. The van der Waals surface area contributed by atoms with Crippen LogP contribution in [0.5, 0.6) is 0 Å². The number of carbonyl (C=O) groups is 1. The van der Waals surface area contributed by atoms with E-state index in [1.54, 1.807) is 13.1 Å². The Kier molecular flexibility index (Phi) is 3.60. The first-order valence-electron chi connectivity index (χ1n) is 7.18. The monoisotopic (exact) mass is 330 g/mol. The predicted octanol–water partition coefficient (Wildman–Crippen LogP) is 3.73. The lowest BCUT2D eigenvalue weighted by Crippen LogP contribution is -2.08. The number of pyridine rings is 2. The van der Waals surface area contributed by atoms with E-state index in [2.05, 4.69) is 4.98 Å². The Morgan fingerprint density at radius 2 is 2.04 bits per heavy atom. The number of halogens is 1. The van der Waals surface area contributed by atoms with Crippen molar-refractivity contribution in [3.05, 3.63) is 46.5 Å². The third-order valence-corrected chi connectivity index (χ3v) is 4.37. The number of furan rings is 1. The summed E-state index contributed by atoms with van der Waals surface area (Å²) in [7, 11) is 0. The molecule has 0 fully saturated rings. The predicted molar refractivity (Wildman–Crippen MR) is 88.3 cm³/mol. The standard InChI is InChI=1S/C17H14N2O3.ClH/c1-8-10-5-6-12-13(9(2)16(22-12)17(20)21)15(10)19-11-4-3-7-18-14(8)11;/h3-4,7H,5-6H2,1-2H3,(H,20,21);1H. The number of hydrogen-bond acceptors (Lipinski definition) is 4. The number of fused-ring (bicyclic) bond motifs is 4. The van der Waals surface area contributed by atoms with E-state index in [0.717, 1.165) is 45.6 Å². The molecule has 0 aromatic carbocycles. The SMILES string of the molecule is Cc1c(C(=O)O)oc2c1-c1nc3cccnc3c(C)c1CC2.Cl. The van der Waals surface area contributed by atoms with E-state index in [1.165, 1.54) is 0 Å². The van der Waals surface area contributed by atoms with Gasteiger partial charge in [-0.15, -0.1) is 12.4 Å². The Bertz CT molecular complexity index is 947. The molecule has 0 saturated heterocycles. The molecule has 3 aromatic heterocycles. The van der Waals surface area contributed by atoms with Crippen LogP contribution in [-0.4, -0.2) is 21.0 Å². The fraction of sp³-hybridized carbons (Fsp3) is 0.235. The zero-order chi connectivity index (χ0) is 15.4. The minimum absolute atomic E-state index is 0. The van der Waals surface area contributed by atoms with Crippen LogP contribution in [0, 0.1) is 13.8 Å². The molecule has 6 heteroatoms.